The lowest BCUT2D eigenvalue weighted by Gasteiger charge is -2.42. The van der Waals surface area contributed by atoms with Crippen molar-refractivity contribution in [3.63, 3.8) is 0 Å². The average Bonchev–Trinajstić information content (AvgIpc) is 2.87. The molecule has 1 N–H and O–H groups in total. The maximum absolute atomic E-state index is 5.92. The minimum atomic E-state index is 0.0425. The van der Waals surface area contributed by atoms with E-state index in [0.29, 0.717) is 12.2 Å². The Balaban J connectivity index is 1.94. The average molecular weight is 280 g/mol. The smallest absolute Gasteiger partial charge is 0.113 e. The van der Waals surface area contributed by atoms with Crippen molar-refractivity contribution in [1.82, 2.24) is 10.3 Å². The van der Waals surface area contributed by atoms with Gasteiger partial charge in [0.2, 0.25) is 0 Å². The van der Waals surface area contributed by atoms with E-state index in [1.54, 1.807) is 0 Å². The summed E-state index contributed by atoms with van der Waals surface area (Å²) < 4.78 is 5.92. The summed E-state index contributed by atoms with van der Waals surface area (Å²) >= 11 is 1.94. The summed E-state index contributed by atoms with van der Waals surface area (Å²) in [5.41, 5.74) is 1.41. The molecule has 3 rings (SSSR count). The van der Waals surface area contributed by atoms with Crippen LogP contribution in [0.2, 0.25) is 0 Å². The highest BCUT2D eigenvalue weighted by Gasteiger charge is 2.42. The highest BCUT2D eigenvalue weighted by atomic mass is 32.1. The second kappa shape index (κ2) is 5.15. The Morgan fingerprint density at radius 3 is 2.68 bits per heavy atom. The molecule has 1 aliphatic heterocycles. The molecule has 4 heteroatoms. The van der Waals surface area contributed by atoms with Gasteiger partial charge in [-0.25, -0.2) is 4.98 Å². The van der Waals surface area contributed by atoms with Crippen molar-refractivity contribution in [2.75, 3.05) is 6.54 Å². The molecule has 1 aromatic rings. The molecule has 0 radical (unpaired) electrons. The van der Waals surface area contributed by atoms with Gasteiger partial charge < -0.3 is 10.1 Å². The van der Waals surface area contributed by atoms with E-state index in [4.69, 9.17) is 9.72 Å². The predicted molar refractivity (Wildman–Crippen MR) is 78.7 cm³/mol. The molecule has 1 fully saturated rings. The van der Waals surface area contributed by atoms with E-state index >= 15 is 0 Å². The van der Waals surface area contributed by atoms with Gasteiger partial charge >= 0.3 is 0 Å². The Labute approximate surface area is 119 Å². The molecule has 1 aromatic heterocycles. The van der Waals surface area contributed by atoms with Crippen LogP contribution in [0.4, 0.5) is 0 Å². The number of thiazole rings is 1. The molecule has 0 saturated carbocycles. The van der Waals surface area contributed by atoms with Crippen LogP contribution >= 0.6 is 11.3 Å². The minimum Gasteiger partial charge on any atom is -0.375 e. The van der Waals surface area contributed by atoms with Crippen LogP contribution in [-0.4, -0.2) is 23.7 Å². The van der Waals surface area contributed by atoms with Crippen molar-refractivity contribution in [2.24, 2.45) is 0 Å². The number of rotatable bonds is 3. The Morgan fingerprint density at radius 1 is 1.32 bits per heavy atom. The van der Waals surface area contributed by atoms with Gasteiger partial charge in [0.25, 0.3) is 0 Å². The lowest BCUT2D eigenvalue weighted by Crippen LogP contribution is -2.51. The van der Waals surface area contributed by atoms with Gasteiger partial charge in [0.1, 0.15) is 5.01 Å². The van der Waals surface area contributed by atoms with Crippen LogP contribution < -0.4 is 5.32 Å². The van der Waals surface area contributed by atoms with Gasteiger partial charge in [0.15, 0.2) is 0 Å². The number of aryl methyl sites for hydroxylation is 2. The van der Waals surface area contributed by atoms with Crippen LogP contribution in [0, 0.1) is 0 Å². The molecule has 0 bridgehead atoms. The molecule has 0 spiro atoms. The first-order valence-electron chi connectivity index (χ1n) is 7.52. The van der Waals surface area contributed by atoms with Gasteiger partial charge in [0, 0.05) is 4.88 Å². The Hall–Kier alpha value is -0.450. The van der Waals surface area contributed by atoms with Crippen molar-refractivity contribution in [3.05, 3.63) is 15.6 Å². The first-order valence-corrected chi connectivity index (χ1v) is 8.34. The molecule has 1 saturated heterocycles. The molecule has 2 unspecified atom stereocenters. The number of nitrogens with one attached hydrogen (secondary N) is 1. The number of aromatic nitrogens is 1. The van der Waals surface area contributed by atoms with E-state index in [1.807, 2.05) is 11.3 Å². The third-order valence-electron chi connectivity index (χ3n) is 4.26. The topological polar surface area (TPSA) is 34.2 Å². The third kappa shape index (κ3) is 2.46. The first kappa shape index (κ1) is 13.5. The fourth-order valence-electron chi connectivity index (χ4n) is 3.69. The van der Waals surface area contributed by atoms with Crippen molar-refractivity contribution >= 4 is 11.3 Å². The van der Waals surface area contributed by atoms with Crippen LogP contribution in [0.3, 0.4) is 0 Å². The fraction of sp³-hybridized carbons (Fsp3) is 0.800. The Bertz CT molecular complexity index is 425. The zero-order chi connectivity index (χ0) is 13.5. The molecular formula is C15H24N2OS. The summed E-state index contributed by atoms with van der Waals surface area (Å²) in [4.78, 5) is 6.50. The zero-order valence-corrected chi connectivity index (χ0v) is 13.0. The van der Waals surface area contributed by atoms with E-state index in [-0.39, 0.29) is 5.54 Å². The van der Waals surface area contributed by atoms with Crippen molar-refractivity contribution < 1.29 is 4.74 Å². The van der Waals surface area contributed by atoms with Crippen molar-refractivity contribution in [3.8, 4) is 0 Å². The van der Waals surface area contributed by atoms with Crippen molar-refractivity contribution in [2.45, 2.75) is 70.6 Å². The molecule has 0 aromatic carbocycles. The van der Waals surface area contributed by atoms with E-state index in [0.717, 1.165) is 19.4 Å². The number of hydrogen-bond donors (Lipinski definition) is 1. The first-order chi connectivity index (χ1) is 9.13. The van der Waals surface area contributed by atoms with Crippen molar-refractivity contribution in [1.29, 1.82) is 0 Å². The number of ether oxygens (including phenoxy) is 1. The molecule has 106 valence electrons. The van der Waals surface area contributed by atoms with Crippen LogP contribution in [0.15, 0.2) is 0 Å². The Kier molecular flexibility index (Phi) is 3.67. The molecule has 1 aliphatic carbocycles. The summed E-state index contributed by atoms with van der Waals surface area (Å²) in [5.74, 6) is 0. The molecule has 3 nitrogen and oxygen atoms in total. The molecule has 2 atom stereocenters. The van der Waals surface area contributed by atoms with E-state index < -0.39 is 0 Å². The normalized spacial score (nSPS) is 34.5. The van der Waals surface area contributed by atoms with Crippen LogP contribution in [-0.2, 0) is 23.1 Å². The zero-order valence-electron chi connectivity index (χ0n) is 12.2. The molecular weight excluding hydrogens is 256 g/mol. The van der Waals surface area contributed by atoms with Gasteiger partial charge in [-0.15, -0.1) is 11.3 Å². The summed E-state index contributed by atoms with van der Waals surface area (Å²) in [5, 5.41) is 5.04. The second-order valence-corrected chi connectivity index (χ2v) is 7.10. The lowest BCUT2D eigenvalue weighted by molar-refractivity contribution is -0.0709. The summed E-state index contributed by atoms with van der Waals surface area (Å²) in [6.07, 6.45) is 6.39. The van der Waals surface area contributed by atoms with Gasteiger partial charge in [-0.05, 0) is 52.5 Å². The summed E-state index contributed by atoms with van der Waals surface area (Å²) in [6, 6.07) is 0. The molecule has 2 heterocycles. The highest BCUT2D eigenvalue weighted by Crippen LogP contribution is 2.41. The lowest BCUT2D eigenvalue weighted by atomic mass is 9.84. The number of hydrogen-bond acceptors (Lipinski definition) is 4. The van der Waals surface area contributed by atoms with E-state index in [1.165, 1.54) is 34.8 Å². The van der Waals surface area contributed by atoms with Crippen LogP contribution in [0.5, 0.6) is 0 Å². The predicted octanol–water partition coefficient (Wildman–Crippen LogP) is 3.02. The number of nitrogens with zero attached hydrogens (tertiary/aromatic N) is 1. The standard InChI is InChI=1S/C15H24N2OS/c1-4-16-15(8-10(2)18-11(3)9-15)14-17-12-6-5-7-13(12)19-14/h10-11,16H,4-9H2,1-3H3. The maximum Gasteiger partial charge on any atom is 0.113 e. The van der Waals surface area contributed by atoms with Gasteiger partial charge in [-0.1, -0.05) is 6.92 Å². The minimum absolute atomic E-state index is 0.0425. The van der Waals surface area contributed by atoms with Gasteiger partial charge in [-0.3, -0.25) is 0 Å². The van der Waals surface area contributed by atoms with Crippen LogP contribution in [0.1, 0.15) is 55.6 Å². The summed E-state index contributed by atoms with van der Waals surface area (Å²) in [6.45, 7) is 7.55. The molecule has 0 amide bonds. The third-order valence-corrected chi connectivity index (χ3v) is 5.62. The quantitative estimate of drug-likeness (QED) is 0.924. The Morgan fingerprint density at radius 2 is 2.05 bits per heavy atom. The number of fused-ring (bicyclic) bond motifs is 1. The monoisotopic (exact) mass is 280 g/mol. The second-order valence-electron chi connectivity index (χ2n) is 6.02. The van der Waals surface area contributed by atoms with Gasteiger partial charge in [0.05, 0.1) is 23.4 Å². The molecule has 2 aliphatic rings. The molecule has 19 heavy (non-hydrogen) atoms. The largest absolute Gasteiger partial charge is 0.375 e. The van der Waals surface area contributed by atoms with E-state index in [9.17, 15) is 0 Å². The SMILES string of the molecule is CCNC1(c2nc3c(s2)CCC3)CC(C)OC(C)C1. The summed E-state index contributed by atoms with van der Waals surface area (Å²) in [7, 11) is 0. The maximum atomic E-state index is 5.92. The van der Waals surface area contributed by atoms with Crippen LogP contribution in [0.25, 0.3) is 0 Å². The van der Waals surface area contributed by atoms with E-state index in [2.05, 4.69) is 26.1 Å². The fourth-order valence-corrected chi connectivity index (χ4v) is 5.02. The van der Waals surface area contributed by atoms with Gasteiger partial charge in [-0.2, -0.15) is 0 Å². The highest BCUT2D eigenvalue weighted by molar-refractivity contribution is 7.12.